The zero-order chi connectivity index (χ0) is 11.7. The summed E-state index contributed by atoms with van der Waals surface area (Å²) >= 11 is 0. The molecule has 1 aromatic rings. The van der Waals surface area contributed by atoms with Crippen LogP contribution in [0.5, 0.6) is 11.5 Å². The Kier molecular flexibility index (Phi) is 2.91. The van der Waals surface area contributed by atoms with Crippen molar-refractivity contribution in [3.63, 3.8) is 0 Å². The summed E-state index contributed by atoms with van der Waals surface area (Å²) in [5, 5.41) is 3.42. The maximum absolute atomic E-state index is 5.92. The van der Waals surface area contributed by atoms with Gasteiger partial charge in [0.05, 0.1) is 12.7 Å². The molecule has 0 bridgehead atoms. The summed E-state index contributed by atoms with van der Waals surface area (Å²) in [6.07, 6.45) is 0.456. The predicted octanol–water partition coefficient (Wildman–Crippen LogP) is 1.20. The minimum atomic E-state index is 0.0589. The molecule has 3 rings (SSSR count). The quantitative estimate of drug-likeness (QED) is 0.796. The highest BCUT2D eigenvalue weighted by molar-refractivity contribution is 5.40. The zero-order valence-corrected chi connectivity index (χ0v) is 9.89. The van der Waals surface area contributed by atoms with Crippen LogP contribution in [-0.2, 0) is 4.74 Å². The number of nitrogens with one attached hydrogen (secondary N) is 1. The molecular formula is C13H17NO3. The molecule has 3 atom stereocenters. The Hall–Kier alpha value is -1.26. The van der Waals surface area contributed by atoms with Crippen LogP contribution in [0.4, 0.5) is 0 Å². The Labute approximate surface area is 101 Å². The Morgan fingerprint density at radius 3 is 2.82 bits per heavy atom. The molecule has 0 aliphatic carbocycles. The van der Waals surface area contributed by atoms with Gasteiger partial charge in [-0.05, 0) is 19.1 Å². The first-order valence-corrected chi connectivity index (χ1v) is 6.06. The molecule has 4 nitrogen and oxygen atoms in total. The SMILES string of the molecule is C[C@H](NC[C@@H]1CO1)[C@H]1COc2ccccc2O1. The fraction of sp³-hybridized carbons (Fsp3) is 0.538. The third kappa shape index (κ3) is 2.53. The third-order valence-corrected chi connectivity index (χ3v) is 3.16. The molecular weight excluding hydrogens is 218 g/mol. The van der Waals surface area contributed by atoms with Gasteiger partial charge in [-0.2, -0.15) is 0 Å². The number of fused-ring (bicyclic) bond motifs is 1. The first-order chi connectivity index (χ1) is 8.33. The van der Waals surface area contributed by atoms with Gasteiger partial charge in [-0.3, -0.25) is 0 Å². The lowest BCUT2D eigenvalue weighted by Gasteiger charge is -2.30. The highest BCUT2D eigenvalue weighted by Gasteiger charge is 2.28. The van der Waals surface area contributed by atoms with Gasteiger partial charge in [-0.25, -0.2) is 0 Å². The van der Waals surface area contributed by atoms with Crippen molar-refractivity contribution < 1.29 is 14.2 Å². The molecule has 17 heavy (non-hydrogen) atoms. The monoisotopic (exact) mass is 235 g/mol. The molecule has 2 aliphatic heterocycles. The number of benzene rings is 1. The molecule has 2 heterocycles. The van der Waals surface area contributed by atoms with Crippen molar-refractivity contribution in [3.8, 4) is 11.5 Å². The normalized spacial score (nSPS) is 27.6. The average Bonchev–Trinajstić information content (AvgIpc) is 3.19. The van der Waals surface area contributed by atoms with E-state index >= 15 is 0 Å². The number of epoxide rings is 1. The van der Waals surface area contributed by atoms with Gasteiger partial charge in [0.2, 0.25) is 0 Å². The standard InChI is InChI=1S/C13H17NO3/c1-9(14-6-10-7-15-10)13-8-16-11-4-2-3-5-12(11)17-13/h2-5,9-10,13-14H,6-8H2,1H3/t9-,10+,13+/m0/s1. The highest BCUT2D eigenvalue weighted by Crippen LogP contribution is 2.31. The molecule has 0 spiro atoms. The summed E-state index contributed by atoms with van der Waals surface area (Å²) in [4.78, 5) is 0. The average molecular weight is 235 g/mol. The number of hydrogen-bond donors (Lipinski definition) is 1. The predicted molar refractivity (Wildman–Crippen MR) is 63.6 cm³/mol. The molecule has 1 aromatic carbocycles. The van der Waals surface area contributed by atoms with Gasteiger partial charge in [-0.1, -0.05) is 12.1 Å². The van der Waals surface area contributed by atoms with E-state index in [0.29, 0.717) is 12.7 Å². The van der Waals surface area contributed by atoms with Crippen LogP contribution in [0.15, 0.2) is 24.3 Å². The topological polar surface area (TPSA) is 43.0 Å². The van der Waals surface area contributed by atoms with Crippen LogP contribution in [0.1, 0.15) is 6.92 Å². The minimum Gasteiger partial charge on any atom is -0.486 e. The first-order valence-electron chi connectivity index (χ1n) is 6.06. The fourth-order valence-corrected chi connectivity index (χ4v) is 1.92. The van der Waals surface area contributed by atoms with Gasteiger partial charge in [0, 0.05) is 12.6 Å². The molecule has 2 aliphatic rings. The van der Waals surface area contributed by atoms with E-state index in [2.05, 4.69) is 12.2 Å². The molecule has 0 amide bonds. The van der Waals surface area contributed by atoms with E-state index in [1.54, 1.807) is 0 Å². The molecule has 1 saturated heterocycles. The van der Waals surface area contributed by atoms with Crippen LogP contribution in [-0.4, -0.2) is 38.0 Å². The molecule has 0 saturated carbocycles. The summed E-state index contributed by atoms with van der Waals surface area (Å²) in [5.74, 6) is 1.67. The maximum atomic E-state index is 5.92. The lowest BCUT2D eigenvalue weighted by atomic mass is 10.1. The summed E-state index contributed by atoms with van der Waals surface area (Å²) in [7, 11) is 0. The van der Waals surface area contributed by atoms with Gasteiger partial charge in [0.25, 0.3) is 0 Å². The fourth-order valence-electron chi connectivity index (χ4n) is 1.92. The van der Waals surface area contributed by atoms with Crippen molar-refractivity contribution in [2.24, 2.45) is 0 Å². The van der Waals surface area contributed by atoms with Crippen molar-refractivity contribution in [1.82, 2.24) is 5.32 Å². The summed E-state index contributed by atoms with van der Waals surface area (Å²) < 4.78 is 16.8. The van der Waals surface area contributed by atoms with Crippen molar-refractivity contribution in [1.29, 1.82) is 0 Å². The Morgan fingerprint density at radius 1 is 1.29 bits per heavy atom. The van der Waals surface area contributed by atoms with Crippen LogP contribution in [0.25, 0.3) is 0 Å². The van der Waals surface area contributed by atoms with Gasteiger partial charge < -0.3 is 19.5 Å². The molecule has 1 fully saturated rings. The lowest BCUT2D eigenvalue weighted by Crippen LogP contribution is -2.47. The number of para-hydroxylation sites is 2. The van der Waals surface area contributed by atoms with E-state index in [0.717, 1.165) is 24.7 Å². The van der Waals surface area contributed by atoms with Crippen molar-refractivity contribution in [2.45, 2.75) is 25.2 Å². The minimum absolute atomic E-state index is 0.0589. The lowest BCUT2D eigenvalue weighted by molar-refractivity contribution is 0.0663. The molecule has 4 heteroatoms. The summed E-state index contributed by atoms with van der Waals surface area (Å²) in [6.45, 7) is 4.48. The molecule has 0 aromatic heterocycles. The van der Waals surface area contributed by atoms with Crippen LogP contribution in [0.2, 0.25) is 0 Å². The number of hydrogen-bond acceptors (Lipinski definition) is 4. The highest BCUT2D eigenvalue weighted by atomic mass is 16.6. The van der Waals surface area contributed by atoms with Crippen LogP contribution >= 0.6 is 0 Å². The Morgan fingerprint density at radius 2 is 2.06 bits per heavy atom. The van der Waals surface area contributed by atoms with Gasteiger partial charge in [0.1, 0.15) is 12.7 Å². The summed E-state index contributed by atoms with van der Waals surface area (Å²) in [6, 6.07) is 8.04. The van der Waals surface area contributed by atoms with Crippen molar-refractivity contribution >= 4 is 0 Å². The van der Waals surface area contributed by atoms with Gasteiger partial charge in [-0.15, -0.1) is 0 Å². The Balaban J connectivity index is 1.58. The second kappa shape index (κ2) is 4.55. The second-order valence-corrected chi connectivity index (χ2v) is 4.57. The Bertz CT molecular complexity index is 392. The van der Waals surface area contributed by atoms with Gasteiger partial charge >= 0.3 is 0 Å². The van der Waals surface area contributed by atoms with Crippen molar-refractivity contribution in [3.05, 3.63) is 24.3 Å². The van der Waals surface area contributed by atoms with Crippen LogP contribution in [0.3, 0.4) is 0 Å². The van der Waals surface area contributed by atoms with Crippen LogP contribution < -0.4 is 14.8 Å². The third-order valence-electron chi connectivity index (χ3n) is 3.16. The number of ether oxygens (including phenoxy) is 3. The van der Waals surface area contributed by atoms with Gasteiger partial charge in [0.15, 0.2) is 11.5 Å². The van der Waals surface area contributed by atoms with E-state index in [4.69, 9.17) is 14.2 Å². The van der Waals surface area contributed by atoms with E-state index < -0.39 is 0 Å². The molecule has 1 N–H and O–H groups in total. The summed E-state index contributed by atoms with van der Waals surface area (Å²) in [5.41, 5.74) is 0. The smallest absolute Gasteiger partial charge is 0.161 e. The largest absolute Gasteiger partial charge is 0.486 e. The van der Waals surface area contributed by atoms with E-state index in [1.165, 1.54) is 0 Å². The van der Waals surface area contributed by atoms with E-state index in [-0.39, 0.29) is 12.1 Å². The second-order valence-electron chi connectivity index (χ2n) is 4.57. The maximum Gasteiger partial charge on any atom is 0.161 e. The molecule has 0 radical (unpaired) electrons. The first kappa shape index (κ1) is 10.9. The molecule has 0 unspecified atom stereocenters. The van der Waals surface area contributed by atoms with Crippen LogP contribution in [0, 0.1) is 0 Å². The number of rotatable bonds is 4. The zero-order valence-electron chi connectivity index (χ0n) is 9.89. The van der Waals surface area contributed by atoms with E-state index in [1.807, 2.05) is 24.3 Å². The van der Waals surface area contributed by atoms with E-state index in [9.17, 15) is 0 Å². The molecule has 92 valence electrons. The van der Waals surface area contributed by atoms with Crippen molar-refractivity contribution in [2.75, 3.05) is 19.8 Å².